The molecule has 0 unspecified atom stereocenters. The number of rotatable bonds is 1. The Hall–Kier alpha value is -2.82. The maximum atomic E-state index is 13.5. The van der Waals surface area contributed by atoms with Gasteiger partial charge in [-0.1, -0.05) is 6.07 Å². The van der Waals surface area contributed by atoms with Crippen molar-refractivity contribution in [2.24, 2.45) is 0 Å². The number of phenols is 2. The van der Waals surface area contributed by atoms with Crippen LogP contribution in [0.25, 0.3) is 22.3 Å². The number of fused-ring (bicyclic) bond motifs is 1. The van der Waals surface area contributed by atoms with Crippen molar-refractivity contribution in [2.45, 2.75) is 6.92 Å². The van der Waals surface area contributed by atoms with Gasteiger partial charge in [-0.3, -0.25) is 4.79 Å². The Bertz CT molecular complexity index is 912. The summed E-state index contributed by atoms with van der Waals surface area (Å²) in [6.07, 6.45) is 0. The predicted octanol–water partition coefficient (Wildman–Crippen LogP) is 3.32. The second kappa shape index (κ2) is 4.63. The van der Waals surface area contributed by atoms with Crippen molar-refractivity contribution in [3.63, 3.8) is 0 Å². The van der Waals surface area contributed by atoms with Crippen LogP contribution in [0.3, 0.4) is 0 Å². The van der Waals surface area contributed by atoms with Gasteiger partial charge >= 0.3 is 0 Å². The molecule has 0 radical (unpaired) electrons. The molecule has 0 aliphatic heterocycles. The topological polar surface area (TPSA) is 70.7 Å². The summed E-state index contributed by atoms with van der Waals surface area (Å²) >= 11 is 0. The number of phenolic OH excluding ortho intramolecular Hbond substituents is 2. The van der Waals surface area contributed by atoms with Gasteiger partial charge in [-0.25, -0.2) is 4.39 Å². The molecule has 1 heterocycles. The van der Waals surface area contributed by atoms with Crippen molar-refractivity contribution in [3.05, 3.63) is 58.0 Å². The van der Waals surface area contributed by atoms with E-state index in [0.29, 0.717) is 11.1 Å². The molecule has 0 saturated carbocycles. The maximum Gasteiger partial charge on any atom is 0.196 e. The van der Waals surface area contributed by atoms with E-state index in [0.717, 1.165) is 6.07 Å². The second-order valence-corrected chi connectivity index (χ2v) is 4.71. The monoisotopic (exact) mass is 286 g/mol. The van der Waals surface area contributed by atoms with Gasteiger partial charge in [0, 0.05) is 11.1 Å². The molecule has 0 spiro atoms. The van der Waals surface area contributed by atoms with Gasteiger partial charge in [0.1, 0.15) is 5.76 Å². The first kappa shape index (κ1) is 13.2. The molecule has 2 aromatic carbocycles. The van der Waals surface area contributed by atoms with E-state index in [9.17, 15) is 19.4 Å². The van der Waals surface area contributed by atoms with Gasteiger partial charge in [0.15, 0.2) is 28.3 Å². The normalized spacial score (nSPS) is 11.0. The summed E-state index contributed by atoms with van der Waals surface area (Å²) in [6, 6.07) is 8.20. The number of aromatic hydroxyl groups is 2. The van der Waals surface area contributed by atoms with Crippen LogP contribution in [0.2, 0.25) is 0 Å². The highest BCUT2D eigenvalue weighted by Crippen LogP contribution is 2.31. The maximum absolute atomic E-state index is 13.5. The summed E-state index contributed by atoms with van der Waals surface area (Å²) in [4.78, 5) is 12.3. The Morgan fingerprint density at radius 3 is 2.57 bits per heavy atom. The summed E-state index contributed by atoms with van der Waals surface area (Å²) in [6.45, 7) is 1.56. The Labute approximate surface area is 118 Å². The van der Waals surface area contributed by atoms with Gasteiger partial charge in [-0.05, 0) is 37.3 Å². The van der Waals surface area contributed by atoms with Gasteiger partial charge in [-0.2, -0.15) is 0 Å². The van der Waals surface area contributed by atoms with E-state index in [1.165, 1.54) is 18.2 Å². The third-order valence-corrected chi connectivity index (χ3v) is 3.33. The van der Waals surface area contributed by atoms with E-state index in [4.69, 9.17) is 4.42 Å². The minimum Gasteiger partial charge on any atom is -0.505 e. The summed E-state index contributed by atoms with van der Waals surface area (Å²) in [5, 5.41) is 19.3. The van der Waals surface area contributed by atoms with E-state index in [2.05, 4.69) is 0 Å². The molecule has 21 heavy (non-hydrogen) atoms. The van der Waals surface area contributed by atoms with Crippen LogP contribution in [0, 0.1) is 12.7 Å². The van der Waals surface area contributed by atoms with Crippen LogP contribution < -0.4 is 5.43 Å². The summed E-state index contributed by atoms with van der Waals surface area (Å²) < 4.78 is 19.1. The van der Waals surface area contributed by atoms with Crippen LogP contribution in [0.15, 0.2) is 45.6 Å². The first-order chi connectivity index (χ1) is 9.99. The average molecular weight is 286 g/mol. The molecule has 0 aliphatic carbocycles. The Balaban J connectivity index is 2.37. The summed E-state index contributed by atoms with van der Waals surface area (Å²) in [7, 11) is 0. The van der Waals surface area contributed by atoms with E-state index in [-0.39, 0.29) is 27.9 Å². The quantitative estimate of drug-likeness (QED) is 0.720. The highest BCUT2D eigenvalue weighted by molar-refractivity contribution is 5.84. The van der Waals surface area contributed by atoms with Crippen molar-refractivity contribution in [2.75, 3.05) is 0 Å². The van der Waals surface area contributed by atoms with Gasteiger partial charge < -0.3 is 14.6 Å². The number of hydrogen-bond donors (Lipinski definition) is 2. The minimum absolute atomic E-state index is 0.0524. The standard InChI is InChI=1S/C16H11FO4/c1-8-14(20)10-3-2-4-13(19)16(10)21-15(8)9-5-6-12(18)11(17)7-9/h2-7,18-19H,1H3. The molecule has 2 N–H and O–H groups in total. The van der Waals surface area contributed by atoms with E-state index < -0.39 is 11.6 Å². The zero-order chi connectivity index (χ0) is 15.1. The Morgan fingerprint density at radius 2 is 1.86 bits per heavy atom. The van der Waals surface area contributed by atoms with Crippen LogP contribution >= 0.6 is 0 Å². The van der Waals surface area contributed by atoms with Gasteiger partial charge in [0.05, 0.1) is 5.39 Å². The third kappa shape index (κ3) is 2.03. The van der Waals surface area contributed by atoms with Gasteiger partial charge in [0.25, 0.3) is 0 Å². The molecule has 3 rings (SSSR count). The minimum atomic E-state index is -0.813. The van der Waals surface area contributed by atoms with Crippen molar-refractivity contribution in [1.82, 2.24) is 0 Å². The molecule has 0 bridgehead atoms. The third-order valence-electron chi connectivity index (χ3n) is 3.33. The fourth-order valence-electron chi connectivity index (χ4n) is 2.22. The number of benzene rings is 2. The lowest BCUT2D eigenvalue weighted by molar-refractivity contribution is 0.432. The molecular weight excluding hydrogens is 275 g/mol. The number of hydrogen-bond acceptors (Lipinski definition) is 4. The number of halogens is 1. The van der Waals surface area contributed by atoms with E-state index in [1.54, 1.807) is 19.1 Å². The smallest absolute Gasteiger partial charge is 0.196 e. The Morgan fingerprint density at radius 1 is 1.10 bits per heavy atom. The SMILES string of the molecule is Cc1c(-c2ccc(O)c(F)c2)oc2c(O)cccc2c1=O. The molecule has 1 aromatic heterocycles. The molecule has 0 saturated heterocycles. The highest BCUT2D eigenvalue weighted by atomic mass is 19.1. The van der Waals surface area contributed by atoms with Crippen molar-refractivity contribution >= 4 is 11.0 Å². The molecule has 0 amide bonds. The zero-order valence-corrected chi connectivity index (χ0v) is 11.1. The van der Waals surface area contributed by atoms with Gasteiger partial charge in [-0.15, -0.1) is 0 Å². The molecular formula is C16H11FO4. The van der Waals surface area contributed by atoms with Crippen molar-refractivity contribution < 1.29 is 19.0 Å². The van der Waals surface area contributed by atoms with Crippen LogP contribution in [-0.4, -0.2) is 10.2 Å². The van der Waals surface area contributed by atoms with Crippen molar-refractivity contribution in [1.29, 1.82) is 0 Å². The first-order valence-corrected chi connectivity index (χ1v) is 6.23. The molecule has 106 valence electrons. The van der Waals surface area contributed by atoms with Gasteiger partial charge in [0.2, 0.25) is 0 Å². The average Bonchev–Trinajstić information content (AvgIpc) is 2.46. The molecule has 0 aliphatic rings. The molecule has 3 aromatic rings. The van der Waals surface area contributed by atoms with Crippen LogP contribution in [0.4, 0.5) is 4.39 Å². The molecule has 4 nitrogen and oxygen atoms in total. The molecule has 0 atom stereocenters. The summed E-state index contributed by atoms with van der Waals surface area (Å²) in [5.41, 5.74) is 0.371. The predicted molar refractivity (Wildman–Crippen MR) is 75.9 cm³/mol. The zero-order valence-electron chi connectivity index (χ0n) is 11.1. The molecule has 5 heteroatoms. The Kier molecular flexibility index (Phi) is 2.90. The second-order valence-electron chi connectivity index (χ2n) is 4.71. The number of para-hydroxylation sites is 1. The van der Waals surface area contributed by atoms with Crippen molar-refractivity contribution in [3.8, 4) is 22.8 Å². The lowest BCUT2D eigenvalue weighted by Gasteiger charge is -2.08. The molecule has 0 fully saturated rings. The first-order valence-electron chi connectivity index (χ1n) is 6.23. The largest absolute Gasteiger partial charge is 0.505 e. The fourth-order valence-corrected chi connectivity index (χ4v) is 2.22. The van der Waals surface area contributed by atoms with Crippen LogP contribution in [0.1, 0.15) is 5.56 Å². The van der Waals surface area contributed by atoms with E-state index in [1.807, 2.05) is 0 Å². The van der Waals surface area contributed by atoms with Crippen LogP contribution in [0.5, 0.6) is 11.5 Å². The lowest BCUT2D eigenvalue weighted by Crippen LogP contribution is -2.07. The highest BCUT2D eigenvalue weighted by Gasteiger charge is 2.15. The lowest BCUT2D eigenvalue weighted by atomic mass is 10.1. The fraction of sp³-hybridized carbons (Fsp3) is 0.0625. The van der Waals surface area contributed by atoms with E-state index >= 15 is 0 Å². The summed E-state index contributed by atoms with van der Waals surface area (Å²) in [5.74, 6) is -1.30. The van der Waals surface area contributed by atoms with Crippen LogP contribution in [-0.2, 0) is 0 Å².